The maximum atomic E-state index is 13.7. The van der Waals surface area contributed by atoms with E-state index in [4.69, 9.17) is 9.47 Å². The van der Waals surface area contributed by atoms with E-state index in [2.05, 4.69) is 15.2 Å². The lowest BCUT2D eigenvalue weighted by Crippen LogP contribution is -2.49. The summed E-state index contributed by atoms with van der Waals surface area (Å²) in [6.07, 6.45) is 2.78. The van der Waals surface area contributed by atoms with Crippen molar-refractivity contribution in [2.75, 3.05) is 32.1 Å². The number of amides is 2. The van der Waals surface area contributed by atoms with Gasteiger partial charge in [0.05, 0.1) is 23.9 Å². The highest BCUT2D eigenvalue weighted by molar-refractivity contribution is 6.07. The first-order valence-corrected chi connectivity index (χ1v) is 14.8. The molecule has 0 bridgehead atoms. The maximum Gasteiger partial charge on any atom is 0.258 e. The number of anilines is 1. The summed E-state index contributed by atoms with van der Waals surface area (Å²) in [6.45, 7) is 5.35. The molecule has 44 heavy (non-hydrogen) atoms. The van der Waals surface area contributed by atoms with Gasteiger partial charge in [-0.05, 0) is 68.1 Å². The van der Waals surface area contributed by atoms with Crippen LogP contribution in [0.1, 0.15) is 40.1 Å². The number of nitrogens with one attached hydrogen (secondary N) is 1. The number of para-hydroxylation sites is 2. The van der Waals surface area contributed by atoms with Crippen LogP contribution in [-0.2, 0) is 6.54 Å². The summed E-state index contributed by atoms with van der Waals surface area (Å²) in [7, 11) is 2.03. The molecule has 2 heterocycles. The highest BCUT2D eigenvalue weighted by Gasteiger charge is 2.34. The second kappa shape index (κ2) is 14.2. The Hall–Kier alpha value is -4.73. The molecule has 0 saturated heterocycles. The number of fused-ring (bicyclic) bond motifs is 1. The Morgan fingerprint density at radius 3 is 2.45 bits per heavy atom. The highest BCUT2D eigenvalue weighted by atomic mass is 16.5. The third kappa shape index (κ3) is 7.42. The van der Waals surface area contributed by atoms with Crippen molar-refractivity contribution in [1.29, 1.82) is 0 Å². The first-order chi connectivity index (χ1) is 21.3. The van der Waals surface area contributed by atoms with E-state index in [0.717, 1.165) is 17.1 Å². The monoisotopic (exact) mass is 594 g/mol. The van der Waals surface area contributed by atoms with Gasteiger partial charge in [-0.2, -0.15) is 0 Å². The molecule has 0 aliphatic carbocycles. The summed E-state index contributed by atoms with van der Waals surface area (Å²) in [5.41, 5.74) is 2.30. The van der Waals surface area contributed by atoms with Crippen LogP contribution in [0, 0.1) is 5.92 Å². The van der Waals surface area contributed by atoms with E-state index in [9.17, 15) is 14.7 Å². The number of benzene rings is 3. The van der Waals surface area contributed by atoms with Crippen LogP contribution in [0.25, 0.3) is 0 Å². The zero-order valence-corrected chi connectivity index (χ0v) is 25.2. The Bertz CT molecular complexity index is 1550. The van der Waals surface area contributed by atoms with Crippen molar-refractivity contribution in [3.63, 3.8) is 0 Å². The number of ether oxygens (including phenoxy) is 2. The maximum absolute atomic E-state index is 13.7. The number of carbonyl (C=O) groups is 2. The molecule has 0 spiro atoms. The van der Waals surface area contributed by atoms with Gasteiger partial charge in [0.15, 0.2) is 5.75 Å². The van der Waals surface area contributed by atoms with Crippen LogP contribution in [0.4, 0.5) is 5.69 Å². The van der Waals surface area contributed by atoms with Gasteiger partial charge in [-0.15, -0.1) is 0 Å². The van der Waals surface area contributed by atoms with Gasteiger partial charge in [-0.1, -0.05) is 43.3 Å². The molecule has 9 nitrogen and oxygen atoms in total. The van der Waals surface area contributed by atoms with Crippen LogP contribution in [0.5, 0.6) is 17.2 Å². The number of pyridine rings is 1. The molecule has 1 aliphatic heterocycles. The van der Waals surface area contributed by atoms with Crippen LogP contribution in [0.3, 0.4) is 0 Å². The zero-order valence-electron chi connectivity index (χ0n) is 25.2. The van der Waals surface area contributed by atoms with Gasteiger partial charge in [0.2, 0.25) is 0 Å². The van der Waals surface area contributed by atoms with Gasteiger partial charge in [0, 0.05) is 43.5 Å². The van der Waals surface area contributed by atoms with Crippen LogP contribution in [0.2, 0.25) is 0 Å². The van der Waals surface area contributed by atoms with Crippen molar-refractivity contribution in [3.8, 4) is 17.2 Å². The molecule has 3 atom stereocenters. The summed E-state index contributed by atoms with van der Waals surface area (Å²) in [4.78, 5) is 34.7. The fourth-order valence-corrected chi connectivity index (χ4v) is 5.23. The molecule has 0 fully saturated rings. The lowest BCUT2D eigenvalue weighted by Gasteiger charge is -2.38. The third-order valence-electron chi connectivity index (χ3n) is 7.73. The highest BCUT2D eigenvalue weighted by Crippen LogP contribution is 2.35. The van der Waals surface area contributed by atoms with Gasteiger partial charge in [0.25, 0.3) is 11.8 Å². The normalized spacial score (nSPS) is 17.2. The number of nitrogens with zero attached hydrogens (tertiary/aromatic N) is 3. The van der Waals surface area contributed by atoms with Crippen molar-refractivity contribution < 1.29 is 24.2 Å². The first-order valence-electron chi connectivity index (χ1n) is 14.8. The molecule has 2 amide bonds. The molecular weight excluding hydrogens is 556 g/mol. The molecule has 228 valence electrons. The minimum atomic E-state index is -0.388. The number of aliphatic hydroxyl groups is 1. The van der Waals surface area contributed by atoms with E-state index in [0.29, 0.717) is 42.2 Å². The Morgan fingerprint density at radius 2 is 1.75 bits per heavy atom. The fraction of sp³-hybridized carbons (Fsp3) is 0.286. The topological polar surface area (TPSA) is 104 Å². The Kier molecular flexibility index (Phi) is 9.89. The van der Waals surface area contributed by atoms with Crippen molar-refractivity contribution in [3.05, 3.63) is 114 Å². The molecule has 9 heteroatoms. The van der Waals surface area contributed by atoms with Crippen LogP contribution < -0.4 is 14.8 Å². The SMILES string of the molecule is C[C@H](CO)N1C[C@H](C)[C@@H](CN(C)Cc2ccc(Oc3ccccc3)cc2)Oc2c(NC(=O)c3ccncc3)cccc2C1=O. The first kappa shape index (κ1) is 30.7. The molecular formula is C35H38N4O5. The molecule has 0 saturated carbocycles. The molecule has 1 aromatic heterocycles. The zero-order chi connectivity index (χ0) is 31.1. The van der Waals surface area contributed by atoms with Crippen LogP contribution in [-0.4, -0.2) is 70.6 Å². The molecule has 2 N–H and O–H groups in total. The standard InChI is InChI=1S/C35H38N4O5/c1-24-20-39(25(2)23-40)35(42)30-10-7-11-31(37-34(41)27-16-18-36-19-17-27)33(30)44-32(24)22-38(3)21-26-12-14-29(15-13-26)43-28-8-5-4-6-9-28/h4-19,24-25,32,40H,20-23H2,1-3H3,(H,37,41)/t24-,25+,32+/m0/s1. The summed E-state index contributed by atoms with van der Waals surface area (Å²) >= 11 is 0. The van der Waals surface area contributed by atoms with Gasteiger partial charge in [-0.25, -0.2) is 0 Å². The predicted octanol–water partition coefficient (Wildman–Crippen LogP) is 5.48. The quantitative estimate of drug-likeness (QED) is 0.251. The number of likely N-dealkylation sites (N-methyl/N-ethyl adjacent to an activating group) is 1. The van der Waals surface area contributed by atoms with E-state index < -0.39 is 0 Å². The molecule has 0 radical (unpaired) electrons. The minimum absolute atomic E-state index is 0.0749. The molecule has 5 rings (SSSR count). The van der Waals surface area contributed by atoms with E-state index in [1.165, 1.54) is 0 Å². The van der Waals surface area contributed by atoms with Crippen molar-refractivity contribution >= 4 is 17.5 Å². The Balaban J connectivity index is 1.36. The fourth-order valence-electron chi connectivity index (χ4n) is 5.23. The summed E-state index contributed by atoms with van der Waals surface area (Å²) in [6, 6.07) is 25.7. The van der Waals surface area contributed by atoms with Gasteiger partial charge in [-0.3, -0.25) is 19.5 Å². The summed E-state index contributed by atoms with van der Waals surface area (Å²) in [5.74, 6) is 1.21. The number of hydrogen-bond donors (Lipinski definition) is 2. The molecule has 3 aromatic carbocycles. The van der Waals surface area contributed by atoms with Crippen LogP contribution >= 0.6 is 0 Å². The minimum Gasteiger partial charge on any atom is -0.486 e. The third-order valence-corrected chi connectivity index (χ3v) is 7.73. The predicted molar refractivity (Wildman–Crippen MR) is 169 cm³/mol. The second-order valence-electron chi connectivity index (χ2n) is 11.3. The smallest absolute Gasteiger partial charge is 0.258 e. The second-order valence-corrected chi connectivity index (χ2v) is 11.3. The summed E-state index contributed by atoms with van der Waals surface area (Å²) < 4.78 is 12.6. The lowest BCUT2D eigenvalue weighted by molar-refractivity contribution is 0.0343. The number of aliphatic hydroxyl groups excluding tert-OH is 1. The van der Waals surface area contributed by atoms with Gasteiger partial charge in [0.1, 0.15) is 17.6 Å². The number of hydrogen-bond acceptors (Lipinski definition) is 7. The van der Waals surface area contributed by atoms with Crippen LogP contribution in [0.15, 0.2) is 97.3 Å². The number of rotatable bonds is 10. The Labute approximate surface area is 258 Å². The van der Waals surface area contributed by atoms with Crippen molar-refractivity contribution in [1.82, 2.24) is 14.8 Å². The lowest BCUT2D eigenvalue weighted by atomic mass is 9.98. The van der Waals surface area contributed by atoms with Crippen molar-refractivity contribution in [2.24, 2.45) is 5.92 Å². The molecule has 0 unspecified atom stereocenters. The summed E-state index contributed by atoms with van der Waals surface area (Å²) in [5, 5.41) is 12.9. The van der Waals surface area contributed by atoms with Gasteiger partial charge >= 0.3 is 0 Å². The Morgan fingerprint density at radius 1 is 1.05 bits per heavy atom. The average molecular weight is 595 g/mol. The van der Waals surface area contributed by atoms with Gasteiger partial charge < -0.3 is 24.8 Å². The number of carbonyl (C=O) groups excluding carboxylic acids is 2. The number of aromatic nitrogens is 1. The van der Waals surface area contributed by atoms with Crippen molar-refractivity contribution in [2.45, 2.75) is 32.5 Å². The largest absolute Gasteiger partial charge is 0.486 e. The van der Waals surface area contributed by atoms with E-state index in [1.54, 1.807) is 47.6 Å². The van der Waals surface area contributed by atoms with E-state index in [1.807, 2.05) is 75.5 Å². The van der Waals surface area contributed by atoms with E-state index >= 15 is 0 Å². The molecule has 1 aliphatic rings. The average Bonchev–Trinajstić information content (AvgIpc) is 3.04. The van der Waals surface area contributed by atoms with E-state index in [-0.39, 0.29) is 36.5 Å². The molecule has 4 aromatic rings.